The van der Waals surface area contributed by atoms with E-state index in [-0.39, 0.29) is 35.4 Å². The van der Waals surface area contributed by atoms with E-state index in [2.05, 4.69) is 4.72 Å². The number of carbonyl (C=O) groups excluding carboxylic acids is 2. The standard InChI is InChI=1S/C18H17N3O5S/c1-20-14-7-6-12(8-11(14)9-16(20)22)27(24,25)19-13-4-3-5-15-18(13)26-10-17(23)21(15)2/h3-8,19H,9-10H2,1-2H3. The Kier molecular flexibility index (Phi) is 3.84. The Labute approximate surface area is 156 Å². The van der Waals surface area contributed by atoms with Gasteiger partial charge >= 0.3 is 0 Å². The molecule has 0 bridgehead atoms. The molecule has 0 atom stereocenters. The molecule has 2 aliphatic rings. The first-order chi connectivity index (χ1) is 12.8. The van der Waals surface area contributed by atoms with Crippen molar-refractivity contribution < 1.29 is 22.7 Å². The summed E-state index contributed by atoms with van der Waals surface area (Å²) in [4.78, 5) is 26.6. The fraction of sp³-hybridized carbons (Fsp3) is 0.222. The van der Waals surface area contributed by atoms with E-state index in [1.54, 1.807) is 38.4 Å². The van der Waals surface area contributed by atoms with Crippen molar-refractivity contribution in [3.05, 3.63) is 42.0 Å². The minimum absolute atomic E-state index is 0.0576. The number of rotatable bonds is 3. The van der Waals surface area contributed by atoms with Crippen LogP contribution in [0.25, 0.3) is 0 Å². The summed E-state index contributed by atoms with van der Waals surface area (Å²) in [6, 6.07) is 9.49. The van der Waals surface area contributed by atoms with Gasteiger partial charge in [-0.2, -0.15) is 0 Å². The van der Waals surface area contributed by atoms with Crippen molar-refractivity contribution in [1.82, 2.24) is 0 Å². The van der Waals surface area contributed by atoms with E-state index in [0.717, 1.165) is 0 Å². The van der Waals surface area contributed by atoms with E-state index in [0.29, 0.717) is 22.7 Å². The van der Waals surface area contributed by atoms with Crippen molar-refractivity contribution in [2.75, 3.05) is 35.2 Å². The van der Waals surface area contributed by atoms with Gasteiger partial charge in [0, 0.05) is 19.8 Å². The van der Waals surface area contributed by atoms with Gasteiger partial charge in [0.25, 0.3) is 15.9 Å². The fourth-order valence-electron chi connectivity index (χ4n) is 3.20. The van der Waals surface area contributed by atoms with Crippen molar-refractivity contribution in [2.45, 2.75) is 11.3 Å². The Morgan fingerprint density at radius 2 is 1.74 bits per heavy atom. The highest BCUT2D eigenvalue weighted by molar-refractivity contribution is 7.92. The normalized spacial score (nSPS) is 16.1. The van der Waals surface area contributed by atoms with Crippen molar-refractivity contribution in [3.8, 4) is 5.75 Å². The molecule has 2 aliphatic heterocycles. The molecular weight excluding hydrogens is 370 g/mol. The number of para-hydroxylation sites is 1. The second-order valence-electron chi connectivity index (χ2n) is 6.42. The van der Waals surface area contributed by atoms with E-state index < -0.39 is 10.0 Å². The van der Waals surface area contributed by atoms with Crippen LogP contribution in [-0.4, -0.2) is 40.9 Å². The summed E-state index contributed by atoms with van der Waals surface area (Å²) in [5.41, 5.74) is 2.12. The number of hydrogen-bond donors (Lipinski definition) is 1. The van der Waals surface area contributed by atoms with Gasteiger partial charge < -0.3 is 14.5 Å². The lowest BCUT2D eigenvalue weighted by atomic mass is 10.2. The van der Waals surface area contributed by atoms with Crippen LogP contribution in [0.3, 0.4) is 0 Å². The summed E-state index contributed by atoms with van der Waals surface area (Å²) in [5, 5.41) is 0. The van der Waals surface area contributed by atoms with Gasteiger partial charge in [-0.15, -0.1) is 0 Å². The first-order valence-electron chi connectivity index (χ1n) is 8.22. The zero-order valence-corrected chi connectivity index (χ0v) is 15.5. The lowest BCUT2D eigenvalue weighted by Crippen LogP contribution is -2.35. The van der Waals surface area contributed by atoms with E-state index in [1.165, 1.54) is 21.9 Å². The number of hydrogen-bond acceptors (Lipinski definition) is 5. The number of benzene rings is 2. The molecular formula is C18H17N3O5S. The molecule has 0 radical (unpaired) electrons. The van der Waals surface area contributed by atoms with Gasteiger partial charge in [0.1, 0.15) is 0 Å². The van der Waals surface area contributed by atoms with Gasteiger partial charge in [0.2, 0.25) is 5.91 Å². The number of anilines is 3. The topological polar surface area (TPSA) is 96.0 Å². The van der Waals surface area contributed by atoms with Crippen LogP contribution in [0.15, 0.2) is 41.3 Å². The number of carbonyl (C=O) groups is 2. The Morgan fingerprint density at radius 1 is 1.00 bits per heavy atom. The van der Waals surface area contributed by atoms with Gasteiger partial charge in [-0.3, -0.25) is 14.3 Å². The van der Waals surface area contributed by atoms with Crippen LogP contribution >= 0.6 is 0 Å². The van der Waals surface area contributed by atoms with Crippen LogP contribution in [0, 0.1) is 0 Å². The number of nitrogens with zero attached hydrogens (tertiary/aromatic N) is 2. The monoisotopic (exact) mass is 387 g/mol. The fourth-order valence-corrected chi connectivity index (χ4v) is 4.32. The quantitative estimate of drug-likeness (QED) is 0.858. The van der Waals surface area contributed by atoms with E-state index in [9.17, 15) is 18.0 Å². The summed E-state index contributed by atoms with van der Waals surface area (Å²) in [6.07, 6.45) is 0.173. The molecule has 0 unspecified atom stereocenters. The maximum absolute atomic E-state index is 12.9. The highest BCUT2D eigenvalue weighted by Gasteiger charge is 2.28. The Bertz CT molecular complexity index is 1080. The van der Waals surface area contributed by atoms with Crippen molar-refractivity contribution in [2.24, 2.45) is 0 Å². The molecule has 2 aromatic rings. The zero-order valence-electron chi connectivity index (χ0n) is 14.7. The molecule has 0 saturated heterocycles. The first kappa shape index (κ1) is 17.3. The van der Waals surface area contributed by atoms with Gasteiger partial charge in [0.05, 0.1) is 22.7 Å². The highest BCUT2D eigenvalue weighted by Crippen LogP contribution is 2.39. The van der Waals surface area contributed by atoms with Gasteiger partial charge in [-0.25, -0.2) is 8.42 Å². The lowest BCUT2D eigenvalue weighted by molar-refractivity contribution is -0.121. The number of fused-ring (bicyclic) bond motifs is 2. The number of likely N-dealkylation sites (N-methyl/N-ethyl adjacent to an activating group) is 2. The maximum atomic E-state index is 12.9. The van der Waals surface area contributed by atoms with Crippen LogP contribution < -0.4 is 19.3 Å². The average molecular weight is 387 g/mol. The van der Waals surface area contributed by atoms with Crippen LogP contribution in [0.5, 0.6) is 5.75 Å². The predicted molar refractivity (Wildman–Crippen MR) is 99.7 cm³/mol. The van der Waals surface area contributed by atoms with Crippen LogP contribution in [0.2, 0.25) is 0 Å². The third-order valence-electron chi connectivity index (χ3n) is 4.75. The van der Waals surface area contributed by atoms with Gasteiger partial charge in [-0.1, -0.05) is 6.07 Å². The molecule has 1 N–H and O–H groups in total. The molecule has 2 aromatic carbocycles. The predicted octanol–water partition coefficient (Wildman–Crippen LogP) is 1.36. The first-order valence-corrected chi connectivity index (χ1v) is 9.71. The molecule has 0 aliphatic carbocycles. The smallest absolute Gasteiger partial charge is 0.264 e. The minimum atomic E-state index is -3.90. The third-order valence-corrected chi connectivity index (χ3v) is 6.12. The molecule has 2 heterocycles. The molecule has 9 heteroatoms. The SMILES string of the molecule is CN1C(=O)Cc2cc(S(=O)(=O)Nc3cccc4c3OCC(=O)N4C)ccc21. The van der Waals surface area contributed by atoms with Crippen LogP contribution in [0.4, 0.5) is 17.1 Å². The highest BCUT2D eigenvalue weighted by atomic mass is 32.2. The second-order valence-corrected chi connectivity index (χ2v) is 8.10. The minimum Gasteiger partial charge on any atom is -0.479 e. The number of sulfonamides is 1. The molecule has 0 fully saturated rings. The molecule has 140 valence electrons. The largest absolute Gasteiger partial charge is 0.479 e. The molecule has 2 amide bonds. The van der Waals surface area contributed by atoms with Crippen molar-refractivity contribution in [3.63, 3.8) is 0 Å². The molecule has 4 rings (SSSR count). The van der Waals surface area contributed by atoms with E-state index in [4.69, 9.17) is 4.74 Å². The third kappa shape index (κ3) is 2.80. The van der Waals surface area contributed by atoms with Crippen LogP contribution in [-0.2, 0) is 26.0 Å². The summed E-state index contributed by atoms with van der Waals surface area (Å²) < 4.78 is 33.7. The van der Waals surface area contributed by atoms with Gasteiger partial charge in [0.15, 0.2) is 12.4 Å². The lowest BCUT2D eigenvalue weighted by Gasteiger charge is -2.27. The van der Waals surface area contributed by atoms with Crippen LogP contribution in [0.1, 0.15) is 5.56 Å². The number of ether oxygens (including phenoxy) is 1. The Hall–Kier alpha value is -3.07. The maximum Gasteiger partial charge on any atom is 0.264 e. The zero-order chi connectivity index (χ0) is 19.3. The summed E-state index contributed by atoms with van der Waals surface area (Å²) in [5.74, 6) is 0.0138. The number of nitrogens with one attached hydrogen (secondary N) is 1. The number of amides is 2. The van der Waals surface area contributed by atoms with Gasteiger partial charge in [-0.05, 0) is 35.9 Å². The Balaban J connectivity index is 1.69. The van der Waals surface area contributed by atoms with E-state index in [1.807, 2.05) is 0 Å². The van der Waals surface area contributed by atoms with E-state index >= 15 is 0 Å². The average Bonchev–Trinajstić information content (AvgIpc) is 2.92. The van der Waals surface area contributed by atoms with Crippen molar-refractivity contribution >= 4 is 38.9 Å². The van der Waals surface area contributed by atoms with Crippen molar-refractivity contribution in [1.29, 1.82) is 0 Å². The second kappa shape index (κ2) is 5.98. The molecule has 0 spiro atoms. The molecule has 0 aromatic heterocycles. The summed E-state index contributed by atoms with van der Waals surface area (Å²) in [6.45, 7) is -0.157. The Morgan fingerprint density at radius 3 is 2.52 bits per heavy atom. The molecule has 0 saturated carbocycles. The summed E-state index contributed by atoms with van der Waals surface area (Å²) in [7, 11) is -0.632. The molecule has 8 nitrogen and oxygen atoms in total. The molecule has 27 heavy (non-hydrogen) atoms. The summed E-state index contributed by atoms with van der Waals surface area (Å²) >= 11 is 0.